The lowest BCUT2D eigenvalue weighted by molar-refractivity contribution is 0.318. The van der Waals surface area contributed by atoms with Crippen LogP contribution in [0.3, 0.4) is 0 Å². The molecule has 0 radical (unpaired) electrons. The summed E-state index contributed by atoms with van der Waals surface area (Å²) in [5, 5.41) is 5.48. The smallest absolute Gasteiger partial charge is 0.126 e. The summed E-state index contributed by atoms with van der Waals surface area (Å²) in [6.45, 7) is 4.71. The molecule has 2 rings (SSSR count). The molecule has 0 amide bonds. The van der Waals surface area contributed by atoms with Gasteiger partial charge in [-0.3, -0.25) is 4.98 Å². The van der Waals surface area contributed by atoms with E-state index in [1.54, 1.807) is 17.5 Å². The van der Waals surface area contributed by atoms with Gasteiger partial charge in [-0.2, -0.15) is 0 Å². The predicted molar refractivity (Wildman–Crippen MR) is 79.8 cm³/mol. The Morgan fingerprint density at radius 3 is 3.11 bits per heavy atom. The Morgan fingerprint density at radius 2 is 2.32 bits per heavy atom. The van der Waals surface area contributed by atoms with Crippen molar-refractivity contribution in [3.63, 3.8) is 0 Å². The number of rotatable bonds is 8. The van der Waals surface area contributed by atoms with Crippen molar-refractivity contribution in [2.45, 2.75) is 26.3 Å². The highest BCUT2D eigenvalue weighted by molar-refractivity contribution is 7.09. The van der Waals surface area contributed by atoms with Gasteiger partial charge in [0.2, 0.25) is 0 Å². The van der Waals surface area contributed by atoms with E-state index >= 15 is 0 Å². The van der Waals surface area contributed by atoms with E-state index in [1.165, 1.54) is 4.88 Å². The molecule has 2 aromatic rings. The molecule has 0 unspecified atom stereocenters. The molecule has 0 aromatic carbocycles. The van der Waals surface area contributed by atoms with Gasteiger partial charge in [-0.1, -0.05) is 13.0 Å². The molecule has 0 aliphatic heterocycles. The van der Waals surface area contributed by atoms with E-state index in [0.717, 1.165) is 37.2 Å². The number of ether oxygens (including phenoxy) is 1. The summed E-state index contributed by atoms with van der Waals surface area (Å²) in [7, 11) is 0. The van der Waals surface area contributed by atoms with E-state index in [9.17, 15) is 0 Å². The third-order valence-electron chi connectivity index (χ3n) is 2.79. The summed E-state index contributed by atoms with van der Waals surface area (Å²) in [5.74, 6) is 0.940. The van der Waals surface area contributed by atoms with Gasteiger partial charge in [0.05, 0.1) is 6.61 Å². The number of nitrogens with one attached hydrogen (secondary N) is 1. The van der Waals surface area contributed by atoms with E-state index in [0.29, 0.717) is 6.61 Å². The number of aromatic nitrogens is 1. The lowest BCUT2D eigenvalue weighted by Gasteiger charge is -2.11. The van der Waals surface area contributed by atoms with E-state index in [4.69, 9.17) is 4.74 Å². The third kappa shape index (κ3) is 4.65. The van der Waals surface area contributed by atoms with E-state index in [1.807, 2.05) is 12.3 Å². The molecule has 0 atom stereocenters. The van der Waals surface area contributed by atoms with Gasteiger partial charge in [-0.25, -0.2) is 0 Å². The zero-order chi connectivity index (χ0) is 13.3. The van der Waals surface area contributed by atoms with Crippen molar-refractivity contribution in [3.8, 4) is 5.75 Å². The largest absolute Gasteiger partial charge is 0.493 e. The fourth-order valence-electron chi connectivity index (χ4n) is 1.80. The fourth-order valence-corrected chi connectivity index (χ4v) is 2.49. The fraction of sp³-hybridized carbons (Fsp3) is 0.400. The first-order chi connectivity index (χ1) is 9.40. The van der Waals surface area contributed by atoms with Crippen LogP contribution in [0.5, 0.6) is 5.75 Å². The third-order valence-corrected chi connectivity index (χ3v) is 3.72. The molecule has 2 heterocycles. The highest BCUT2D eigenvalue weighted by atomic mass is 32.1. The van der Waals surface area contributed by atoms with Gasteiger partial charge in [-0.05, 0) is 30.5 Å². The topological polar surface area (TPSA) is 34.2 Å². The van der Waals surface area contributed by atoms with Crippen LogP contribution in [-0.2, 0) is 13.0 Å². The molecule has 0 aliphatic rings. The molecular formula is C15H20N2OS. The van der Waals surface area contributed by atoms with Crippen molar-refractivity contribution >= 4 is 11.3 Å². The standard InChI is InChI=1S/C15H20N2OS/c1-2-7-16-11-13-12-17-8-5-15(13)18-9-6-14-4-3-10-19-14/h3-5,8,10,12,16H,2,6-7,9,11H2,1H3. The highest BCUT2D eigenvalue weighted by Crippen LogP contribution is 2.17. The molecule has 0 fully saturated rings. The van der Waals surface area contributed by atoms with Gasteiger partial charge < -0.3 is 10.1 Å². The Balaban J connectivity index is 1.84. The van der Waals surface area contributed by atoms with Crippen LogP contribution in [0.4, 0.5) is 0 Å². The number of thiophene rings is 1. The molecule has 0 saturated carbocycles. The zero-order valence-corrected chi connectivity index (χ0v) is 12.1. The first-order valence-electron chi connectivity index (χ1n) is 6.69. The van der Waals surface area contributed by atoms with Crippen molar-refractivity contribution in [1.29, 1.82) is 0 Å². The Bertz CT molecular complexity index is 471. The van der Waals surface area contributed by atoms with Crippen LogP contribution < -0.4 is 10.1 Å². The first-order valence-corrected chi connectivity index (χ1v) is 7.57. The Kier molecular flexibility index (Phi) is 5.85. The maximum absolute atomic E-state index is 5.87. The lowest BCUT2D eigenvalue weighted by Crippen LogP contribution is -2.15. The minimum atomic E-state index is 0.714. The second-order valence-corrected chi connectivity index (χ2v) is 5.37. The Labute approximate surface area is 118 Å². The summed E-state index contributed by atoms with van der Waals surface area (Å²) in [6.07, 6.45) is 5.75. The zero-order valence-electron chi connectivity index (χ0n) is 11.3. The van der Waals surface area contributed by atoms with Crippen LogP contribution in [0.15, 0.2) is 36.0 Å². The molecule has 0 spiro atoms. The summed E-state index contributed by atoms with van der Waals surface area (Å²) < 4.78 is 5.87. The van der Waals surface area contributed by atoms with Crippen LogP contribution in [0.2, 0.25) is 0 Å². The monoisotopic (exact) mass is 276 g/mol. The molecular weight excluding hydrogens is 256 g/mol. The van der Waals surface area contributed by atoms with Crippen LogP contribution in [-0.4, -0.2) is 18.1 Å². The van der Waals surface area contributed by atoms with Gasteiger partial charge in [0, 0.05) is 35.8 Å². The van der Waals surface area contributed by atoms with Crippen LogP contribution >= 0.6 is 11.3 Å². The molecule has 0 aliphatic carbocycles. The summed E-state index contributed by atoms with van der Waals surface area (Å²) in [5.41, 5.74) is 1.13. The molecule has 102 valence electrons. The quantitative estimate of drug-likeness (QED) is 0.751. The van der Waals surface area contributed by atoms with Crippen LogP contribution in [0, 0.1) is 0 Å². The minimum absolute atomic E-state index is 0.714. The van der Waals surface area contributed by atoms with Gasteiger partial charge in [0.25, 0.3) is 0 Å². The normalized spacial score (nSPS) is 10.6. The van der Waals surface area contributed by atoms with Gasteiger partial charge in [0.15, 0.2) is 0 Å². The average molecular weight is 276 g/mol. The first kappa shape index (κ1) is 14.0. The minimum Gasteiger partial charge on any atom is -0.493 e. The maximum atomic E-state index is 5.87. The molecule has 4 heteroatoms. The SMILES string of the molecule is CCCNCc1cnccc1OCCc1cccs1. The summed E-state index contributed by atoms with van der Waals surface area (Å²) in [6, 6.07) is 6.16. The lowest BCUT2D eigenvalue weighted by atomic mass is 10.2. The Hall–Kier alpha value is -1.39. The summed E-state index contributed by atoms with van der Waals surface area (Å²) in [4.78, 5) is 5.52. The van der Waals surface area contributed by atoms with Gasteiger partial charge >= 0.3 is 0 Å². The van der Waals surface area contributed by atoms with Crippen LogP contribution in [0.1, 0.15) is 23.8 Å². The van der Waals surface area contributed by atoms with E-state index in [-0.39, 0.29) is 0 Å². The van der Waals surface area contributed by atoms with Crippen molar-refractivity contribution in [1.82, 2.24) is 10.3 Å². The molecule has 3 nitrogen and oxygen atoms in total. The average Bonchev–Trinajstić information content (AvgIpc) is 2.94. The molecule has 19 heavy (non-hydrogen) atoms. The Morgan fingerprint density at radius 1 is 1.37 bits per heavy atom. The summed E-state index contributed by atoms with van der Waals surface area (Å²) >= 11 is 1.77. The van der Waals surface area contributed by atoms with E-state index in [2.05, 4.69) is 34.7 Å². The van der Waals surface area contributed by atoms with Crippen LogP contribution in [0.25, 0.3) is 0 Å². The van der Waals surface area contributed by atoms with Gasteiger partial charge in [-0.15, -0.1) is 11.3 Å². The number of nitrogens with zero attached hydrogens (tertiary/aromatic N) is 1. The van der Waals surface area contributed by atoms with Crippen molar-refractivity contribution in [2.24, 2.45) is 0 Å². The second kappa shape index (κ2) is 7.92. The number of pyridine rings is 1. The molecule has 2 aromatic heterocycles. The van der Waals surface area contributed by atoms with E-state index < -0.39 is 0 Å². The van der Waals surface area contributed by atoms with Crippen molar-refractivity contribution < 1.29 is 4.74 Å². The van der Waals surface area contributed by atoms with Crippen molar-refractivity contribution in [2.75, 3.05) is 13.2 Å². The number of hydrogen-bond acceptors (Lipinski definition) is 4. The second-order valence-electron chi connectivity index (χ2n) is 4.34. The predicted octanol–water partition coefficient (Wildman–Crippen LogP) is 3.26. The molecule has 1 N–H and O–H groups in total. The molecule has 0 saturated heterocycles. The highest BCUT2D eigenvalue weighted by Gasteiger charge is 2.03. The number of hydrogen-bond donors (Lipinski definition) is 1. The van der Waals surface area contributed by atoms with Crippen molar-refractivity contribution in [3.05, 3.63) is 46.4 Å². The van der Waals surface area contributed by atoms with Gasteiger partial charge in [0.1, 0.15) is 5.75 Å². The maximum Gasteiger partial charge on any atom is 0.126 e. The molecule has 0 bridgehead atoms.